The molecule has 2 rings (SSSR count). The monoisotopic (exact) mass is 238 g/mol. The molecule has 1 heterocycles. The fourth-order valence-electron chi connectivity index (χ4n) is 2.01. The Bertz CT molecular complexity index is 365. The molecule has 0 fully saturated rings. The maximum atomic E-state index is 10.1. The van der Waals surface area contributed by atoms with Crippen molar-refractivity contribution in [2.45, 2.75) is 37.4 Å². The molecule has 1 aliphatic heterocycles. The van der Waals surface area contributed by atoms with E-state index in [0.29, 0.717) is 11.9 Å². The third kappa shape index (κ3) is 2.53. The van der Waals surface area contributed by atoms with Gasteiger partial charge in [0.1, 0.15) is 5.75 Å². The van der Waals surface area contributed by atoms with Gasteiger partial charge in [-0.05, 0) is 36.6 Å². The zero-order valence-corrected chi connectivity index (χ0v) is 10.6. The van der Waals surface area contributed by atoms with Crippen LogP contribution in [0.3, 0.4) is 0 Å². The Balaban J connectivity index is 2.30. The van der Waals surface area contributed by atoms with Crippen LogP contribution >= 0.6 is 11.8 Å². The normalized spacial score (nSPS) is 24.7. The number of aliphatic hydroxyl groups excluding tert-OH is 1. The number of rotatable bonds is 2. The number of fused-ring (bicyclic) bond motifs is 1. The molecule has 1 unspecified atom stereocenters. The summed E-state index contributed by atoms with van der Waals surface area (Å²) < 4.78 is 5.47. The SMILES string of the molecule is CCOc1ccc2c(c1)[C@@H](O)CC(C)SC2. The molecule has 0 amide bonds. The van der Waals surface area contributed by atoms with Crippen molar-refractivity contribution in [3.63, 3.8) is 0 Å². The summed E-state index contributed by atoms with van der Waals surface area (Å²) >= 11 is 1.90. The van der Waals surface area contributed by atoms with Crippen LogP contribution < -0.4 is 4.74 Å². The highest BCUT2D eigenvalue weighted by Crippen LogP contribution is 2.36. The van der Waals surface area contributed by atoms with Crippen molar-refractivity contribution in [2.24, 2.45) is 0 Å². The second-order valence-corrected chi connectivity index (χ2v) is 5.59. The summed E-state index contributed by atoms with van der Waals surface area (Å²) in [6.45, 7) is 4.81. The van der Waals surface area contributed by atoms with Crippen LogP contribution in [0.4, 0.5) is 0 Å². The van der Waals surface area contributed by atoms with Crippen molar-refractivity contribution >= 4 is 11.8 Å². The third-order valence-electron chi connectivity index (χ3n) is 2.87. The maximum Gasteiger partial charge on any atom is 0.119 e. The van der Waals surface area contributed by atoms with E-state index in [2.05, 4.69) is 13.0 Å². The van der Waals surface area contributed by atoms with Gasteiger partial charge in [-0.2, -0.15) is 11.8 Å². The Kier molecular flexibility index (Phi) is 3.77. The topological polar surface area (TPSA) is 29.5 Å². The predicted molar refractivity (Wildman–Crippen MR) is 67.9 cm³/mol. The number of hydrogen-bond acceptors (Lipinski definition) is 3. The summed E-state index contributed by atoms with van der Waals surface area (Å²) in [6, 6.07) is 6.06. The molecule has 1 aromatic carbocycles. The van der Waals surface area contributed by atoms with Crippen LogP contribution in [0.25, 0.3) is 0 Å². The van der Waals surface area contributed by atoms with E-state index in [1.165, 1.54) is 5.56 Å². The van der Waals surface area contributed by atoms with Crippen molar-refractivity contribution in [3.05, 3.63) is 29.3 Å². The first kappa shape index (κ1) is 11.8. The van der Waals surface area contributed by atoms with E-state index in [4.69, 9.17) is 4.74 Å². The first-order chi connectivity index (χ1) is 7.70. The van der Waals surface area contributed by atoms with Crippen molar-refractivity contribution in [3.8, 4) is 5.75 Å². The first-order valence-electron chi connectivity index (χ1n) is 5.76. The molecule has 0 aromatic heterocycles. The van der Waals surface area contributed by atoms with Gasteiger partial charge in [0.05, 0.1) is 12.7 Å². The summed E-state index contributed by atoms with van der Waals surface area (Å²) in [5, 5.41) is 10.6. The maximum absolute atomic E-state index is 10.1. The Labute approximate surface area is 101 Å². The number of aliphatic hydroxyl groups is 1. The Morgan fingerprint density at radius 2 is 2.31 bits per heavy atom. The lowest BCUT2D eigenvalue weighted by atomic mass is 10.00. The summed E-state index contributed by atoms with van der Waals surface area (Å²) in [5.41, 5.74) is 2.29. The zero-order valence-electron chi connectivity index (χ0n) is 9.77. The van der Waals surface area contributed by atoms with Crippen LogP contribution in [-0.4, -0.2) is 17.0 Å². The van der Waals surface area contributed by atoms with Gasteiger partial charge < -0.3 is 9.84 Å². The van der Waals surface area contributed by atoms with Gasteiger partial charge in [0, 0.05) is 11.0 Å². The number of benzene rings is 1. The van der Waals surface area contributed by atoms with E-state index in [1.807, 2.05) is 30.8 Å². The molecule has 0 radical (unpaired) electrons. The van der Waals surface area contributed by atoms with Crippen LogP contribution in [0.15, 0.2) is 18.2 Å². The molecule has 0 aliphatic carbocycles. The first-order valence-corrected chi connectivity index (χ1v) is 6.81. The van der Waals surface area contributed by atoms with Gasteiger partial charge in [0.25, 0.3) is 0 Å². The lowest BCUT2D eigenvalue weighted by Gasteiger charge is -2.14. The van der Waals surface area contributed by atoms with Crippen molar-refractivity contribution < 1.29 is 9.84 Å². The van der Waals surface area contributed by atoms with Crippen LogP contribution in [0.5, 0.6) is 5.75 Å². The van der Waals surface area contributed by atoms with Gasteiger partial charge in [-0.1, -0.05) is 13.0 Å². The molecule has 1 N–H and O–H groups in total. The van der Waals surface area contributed by atoms with E-state index < -0.39 is 0 Å². The summed E-state index contributed by atoms with van der Waals surface area (Å²) in [7, 11) is 0. The van der Waals surface area contributed by atoms with E-state index in [-0.39, 0.29) is 6.10 Å². The summed E-state index contributed by atoms with van der Waals surface area (Å²) in [4.78, 5) is 0. The highest BCUT2D eigenvalue weighted by Gasteiger charge is 2.21. The van der Waals surface area contributed by atoms with Gasteiger partial charge in [-0.3, -0.25) is 0 Å². The van der Waals surface area contributed by atoms with Gasteiger partial charge in [-0.25, -0.2) is 0 Å². The van der Waals surface area contributed by atoms with Crippen molar-refractivity contribution in [1.82, 2.24) is 0 Å². The molecular weight excluding hydrogens is 220 g/mol. The second kappa shape index (κ2) is 5.11. The molecule has 0 saturated carbocycles. The van der Waals surface area contributed by atoms with Crippen LogP contribution in [0.2, 0.25) is 0 Å². The average molecular weight is 238 g/mol. The van der Waals surface area contributed by atoms with Crippen LogP contribution in [0.1, 0.15) is 37.5 Å². The number of ether oxygens (including phenoxy) is 1. The fraction of sp³-hybridized carbons (Fsp3) is 0.538. The lowest BCUT2D eigenvalue weighted by Crippen LogP contribution is -2.04. The van der Waals surface area contributed by atoms with Crippen LogP contribution in [-0.2, 0) is 5.75 Å². The second-order valence-electron chi connectivity index (χ2n) is 4.17. The molecule has 2 nitrogen and oxygen atoms in total. The van der Waals surface area contributed by atoms with E-state index in [1.54, 1.807) is 0 Å². The van der Waals surface area contributed by atoms with Gasteiger partial charge >= 0.3 is 0 Å². The molecule has 1 aliphatic rings. The molecule has 1 aromatic rings. The quantitative estimate of drug-likeness (QED) is 0.858. The van der Waals surface area contributed by atoms with Crippen molar-refractivity contribution in [1.29, 1.82) is 0 Å². The van der Waals surface area contributed by atoms with Crippen LogP contribution in [0, 0.1) is 0 Å². The van der Waals surface area contributed by atoms with Gasteiger partial charge in [0.15, 0.2) is 0 Å². The number of hydrogen-bond donors (Lipinski definition) is 1. The summed E-state index contributed by atoms with van der Waals surface area (Å²) in [5.74, 6) is 1.85. The highest BCUT2D eigenvalue weighted by atomic mass is 32.2. The highest BCUT2D eigenvalue weighted by molar-refractivity contribution is 7.99. The molecule has 0 bridgehead atoms. The molecular formula is C13H18O2S. The molecule has 88 valence electrons. The minimum absolute atomic E-state index is 0.347. The number of thioether (sulfide) groups is 1. The zero-order chi connectivity index (χ0) is 11.5. The molecule has 0 saturated heterocycles. The largest absolute Gasteiger partial charge is 0.494 e. The van der Waals surface area contributed by atoms with E-state index >= 15 is 0 Å². The van der Waals surface area contributed by atoms with Crippen molar-refractivity contribution in [2.75, 3.05) is 6.61 Å². The minimum atomic E-state index is -0.347. The fourth-order valence-corrected chi connectivity index (χ4v) is 3.06. The minimum Gasteiger partial charge on any atom is -0.494 e. The smallest absolute Gasteiger partial charge is 0.119 e. The summed E-state index contributed by atoms with van der Waals surface area (Å²) in [6.07, 6.45) is 0.480. The van der Waals surface area contributed by atoms with E-state index in [0.717, 1.165) is 23.5 Å². The Morgan fingerprint density at radius 3 is 3.06 bits per heavy atom. The molecule has 2 atom stereocenters. The Hall–Kier alpha value is -0.670. The predicted octanol–water partition coefficient (Wildman–Crippen LogP) is 3.14. The molecule has 3 heteroatoms. The van der Waals surface area contributed by atoms with Gasteiger partial charge in [-0.15, -0.1) is 0 Å². The average Bonchev–Trinajstić information content (AvgIpc) is 2.40. The molecule has 16 heavy (non-hydrogen) atoms. The third-order valence-corrected chi connectivity index (χ3v) is 4.11. The standard InChI is InChI=1S/C13H18O2S/c1-3-15-11-5-4-10-8-16-9(2)6-13(14)12(10)7-11/h4-5,7,9,13-14H,3,6,8H2,1-2H3/t9?,13-/m0/s1. The lowest BCUT2D eigenvalue weighted by molar-refractivity contribution is 0.168. The van der Waals surface area contributed by atoms with Gasteiger partial charge in [0.2, 0.25) is 0 Å². The van der Waals surface area contributed by atoms with E-state index in [9.17, 15) is 5.11 Å². The molecule has 0 spiro atoms. The Morgan fingerprint density at radius 1 is 1.50 bits per heavy atom.